The molecule has 0 saturated heterocycles. The van der Waals surface area contributed by atoms with Crippen LogP contribution in [-0.4, -0.2) is 12.1 Å². The second-order valence-electron chi connectivity index (χ2n) is 6.17. The Balaban J connectivity index is 1.97. The Morgan fingerprint density at radius 2 is 2.24 bits per heavy atom. The van der Waals surface area contributed by atoms with Gasteiger partial charge in [-0.1, -0.05) is 19.1 Å². The Hall–Kier alpha value is -1.05. The van der Waals surface area contributed by atoms with Crippen molar-refractivity contribution in [3.8, 4) is 0 Å². The molecule has 2 saturated carbocycles. The van der Waals surface area contributed by atoms with Crippen molar-refractivity contribution in [2.45, 2.75) is 52.1 Å². The predicted molar refractivity (Wildman–Crippen MR) is 66.4 cm³/mol. The smallest absolute Gasteiger partial charge is 0.334 e. The average Bonchev–Trinajstić information content (AvgIpc) is 2.52. The number of carbonyl (C=O) groups excluding carboxylic acids is 1. The van der Waals surface area contributed by atoms with Crippen molar-refractivity contribution in [2.24, 2.45) is 11.3 Å². The zero-order valence-electron chi connectivity index (χ0n) is 10.7. The summed E-state index contributed by atoms with van der Waals surface area (Å²) >= 11 is 0. The number of ether oxygens (including phenoxy) is 1. The van der Waals surface area contributed by atoms with Gasteiger partial charge < -0.3 is 4.74 Å². The fraction of sp³-hybridized carbons (Fsp3) is 0.667. The van der Waals surface area contributed by atoms with Crippen LogP contribution in [0.4, 0.5) is 0 Å². The summed E-state index contributed by atoms with van der Waals surface area (Å²) in [4.78, 5) is 11.6. The lowest BCUT2D eigenvalue weighted by molar-refractivity contribution is -0.141. The summed E-state index contributed by atoms with van der Waals surface area (Å²) in [6.07, 6.45) is 5.70. The Bertz CT molecular complexity index is 432. The summed E-state index contributed by atoms with van der Waals surface area (Å²) in [5, 5.41) is 0. The van der Waals surface area contributed by atoms with Crippen molar-refractivity contribution < 1.29 is 9.53 Å². The second-order valence-corrected chi connectivity index (χ2v) is 6.17. The summed E-state index contributed by atoms with van der Waals surface area (Å²) in [6.45, 7) is 8.51. The van der Waals surface area contributed by atoms with Gasteiger partial charge in [0.05, 0.1) is 0 Å². The molecule has 0 N–H and O–H groups in total. The van der Waals surface area contributed by atoms with Crippen molar-refractivity contribution in [3.63, 3.8) is 0 Å². The molecule has 0 aromatic carbocycles. The topological polar surface area (TPSA) is 26.3 Å². The van der Waals surface area contributed by atoms with Gasteiger partial charge in [0.1, 0.15) is 6.10 Å². The first kappa shape index (κ1) is 11.1. The van der Waals surface area contributed by atoms with Crippen LogP contribution >= 0.6 is 0 Å². The summed E-state index contributed by atoms with van der Waals surface area (Å²) in [5.74, 6) is 0.463. The van der Waals surface area contributed by atoms with Gasteiger partial charge in [-0.25, -0.2) is 4.79 Å². The number of rotatable bonds is 0. The maximum atomic E-state index is 11.6. The minimum absolute atomic E-state index is 0.0645. The molecular formula is C15H20O2. The molecule has 2 fully saturated rings. The molecule has 1 heterocycles. The third kappa shape index (κ3) is 1.50. The zero-order valence-corrected chi connectivity index (χ0v) is 10.7. The Morgan fingerprint density at radius 1 is 1.47 bits per heavy atom. The number of esters is 1. The number of hydrogen-bond donors (Lipinski definition) is 0. The Kier molecular flexibility index (Phi) is 2.26. The standard InChI is InChI=1S/C15H20O2/c1-9-5-4-6-15(3)8-13-11(7-12(9)15)10(2)14(16)17-13/h12-13H,1,4-8H2,2-3H3/t12-,13-,15+/m1/s1. The van der Waals surface area contributed by atoms with Crippen molar-refractivity contribution in [2.75, 3.05) is 0 Å². The van der Waals surface area contributed by atoms with E-state index in [1.54, 1.807) is 0 Å². The van der Waals surface area contributed by atoms with Gasteiger partial charge in [0.15, 0.2) is 0 Å². The largest absolute Gasteiger partial charge is 0.454 e. The van der Waals surface area contributed by atoms with E-state index in [-0.39, 0.29) is 12.1 Å². The van der Waals surface area contributed by atoms with E-state index in [9.17, 15) is 4.79 Å². The lowest BCUT2D eigenvalue weighted by Crippen LogP contribution is -2.41. The SMILES string of the molecule is C=C1CCC[C@@]2(C)C[C@H]3OC(=O)C(C)=C3C[C@H]12. The van der Waals surface area contributed by atoms with E-state index in [1.807, 2.05) is 6.92 Å². The van der Waals surface area contributed by atoms with Crippen LogP contribution < -0.4 is 0 Å². The molecule has 0 aromatic rings. The van der Waals surface area contributed by atoms with E-state index in [0.29, 0.717) is 11.3 Å². The highest BCUT2D eigenvalue weighted by molar-refractivity contribution is 5.91. The zero-order chi connectivity index (χ0) is 12.2. The molecule has 0 unspecified atom stereocenters. The van der Waals surface area contributed by atoms with E-state index in [4.69, 9.17) is 4.74 Å². The van der Waals surface area contributed by atoms with E-state index in [2.05, 4.69) is 13.5 Å². The monoisotopic (exact) mass is 232 g/mol. The maximum absolute atomic E-state index is 11.6. The van der Waals surface area contributed by atoms with Crippen LogP contribution in [0.1, 0.15) is 46.0 Å². The van der Waals surface area contributed by atoms with Crippen molar-refractivity contribution in [1.29, 1.82) is 0 Å². The highest BCUT2D eigenvalue weighted by Crippen LogP contribution is 2.55. The van der Waals surface area contributed by atoms with E-state index in [0.717, 1.165) is 24.8 Å². The highest BCUT2D eigenvalue weighted by Gasteiger charge is 2.49. The molecule has 0 amide bonds. The summed E-state index contributed by atoms with van der Waals surface area (Å²) in [6, 6.07) is 0. The molecule has 2 aliphatic carbocycles. The minimum Gasteiger partial charge on any atom is -0.454 e. The molecule has 0 radical (unpaired) electrons. The predicted octanol–water partition coefficient (Wildman–Crippen LogP) is 3.38. The lowest BCUT2D eigenvalue weighted by atomic mass is 9.57. The van der Waals surface area contributed by atoms with Gasteiger partial charge in [-0.3, -0.25) is 0 Å². The third-order valence-electron chi connectivity index (χ3n) is 5.08. The van der Waals surface area contributed by atoms with Crippen LogP contribution in [0, 0.1) is 11.3 Å². The normalized spacial score (nSPS) is 41.1. The second kappa shape index (κ2) is 3.47. The number of fused-ring (bicyclic) bond motifs is 2. The Morgan fingerprint density at radius 3 is 3.00 bits per heavy atom. The van der Waals surface area contributed by atoms with Crippen LogP contribution in [0.5, 0.6) is 0 Å². The van der Waals surface area contributed by atoms with Crippen LogP contribution in [0.2, 0.25) is 0 Å². The molecule has 92 valence electrons. The molecule has 2 heteroatoms. The van der Waals surface area contributed by atoms with E-state index < -0.39 is 0 Å². The maximum Gasteiger partial charge on any atom is 0.334 e. The van der Waals surface area contributed by atoms with Gasteiger partial charge in [-0.05, 0) is 55.9 Å². The number of allylic oxidation sites excluding steroid dienone is 1. The lowest BCUT2D eigenvalue weighted by Gasteiger charge is -2.48. The quantitative estimate of drug-likeness (QED) is 0.472. The van der Waals surface area contributed by atoms with Gasteiger partial charge in [0, 0.05) is 5.57 Å². The fourth-order valence-corrected chi connectivity index (χ4v) is 3.95. The Labute approximate surface area is 103 Å². The first-order valence-electron chi connectivity index (χ1n) is 6.59. The van der Waals surface area contributed by atoms with Gasteiger partial charge >= 0.3 is 5.97 Å². The average molecular weight is 232 g/mol. The van der Waals surface area contributed by atoms with Gasteiger partial charge in [0.25, 0.3) is 0 Å². The highest BCUT2D eigenvalue weighted by atomic mass is 16.5. The van der Waals surface area contributed by atoms with Crippen LogP contribution in [0.15, 0.2) is 23.3 Å². The molecule has 0 spiro atoms. The third-order valence-corrected chi connectivity index (χ3v) is 5.08. The number of hydrogen-bond acceptors (Lipinski definition) is 2. The van der Waals surface area contributed by atoms with E-state index in [1.165, 1.54) is 24.0 Å². The van der Waals surface area contributed by atoms with Crippen molar-refractivity contribution in [1.82, 2.24) is 0 Å². The van der Waals surface area contributed by atoms with Gasteiger partial charge in [0.2, 0.25) is 0 Å². The van der Waals surface area contributed by atoms with Crippen LogP contribution in [-0.2, 0) is 9.53 Å². The summed E-state index contributed by atoms with van der Waals surface area (Å²) in [7, 11) is 0. The molecular weight excluding hydrogens is 212 g/mol. The van der Waals surface area contributed by atoms with E-state index >= 15 is 0 Å². The first-order chi connectivity index (χ1) is 8.01. The molecule has 1 aliphatic heterocycles. The molecule has 2 nitrogen and oxygen atoms in total. The molecule has 3 aliphatic rings. The van der Waals surface area contributed by atoms with Crippen molar-refractivity contribution >= 4 is 5.97 Å². The molecule has 3 atom stereocenters. The van der Waals surface area contributed by atoms with Crippen LogP contribution in [0.25, 0.3) is 0 Å². The van der Waals surface area contributed by atoms with Gasteiger partial charge in [-0.2, -0.15) is 0 Å². The van der Waals surface area contributed by atoms with Crippen molar-refractivity contribution in [3.05, 3.63) is 23.3 Å². The fourth-order valence-electron chi connectivity index (χ4n) is 3.95. The number of carbonyl (C=O) groups is 1. The first-order valence-corrected chi connectivity index (χ1v) is 6.59. The molecule has 17 heavy (non-hydrogen) atoms. The summed E-state index contributed by atoms with van der Waals surface area (Å²) < 4.78 is 5.48. The molecule has 0 bridgehead atoms. The minimum atomic E-state index is -0.0992. The van der Waals surface area contributed by atoms with Gasteiger partial charge in [-0.15, -0.1) is 0 Å². The summed E-state index contributed by atoms with van der Waals surface area (Å²) in [5.41, 5.74) is 3.79. The molecule has 3 rings (SSSR count). The van der Waals surface area contributed by atoms with Crippen LogP contribution in [0.3, 0.4) is 0 Å². The molecule has 0 aromatic heterocycles.